The monoisotopic (exact) mass is 425 g/mol. The molecule has 2 aromatic heterocycles. The van der Waals surface area contributed by atoms with Crippen LogP contribution in [0.25, 0.3) is 0 Å². The van der Waals surface area contributed by atoms with Gasteiger partial charge in [0.25, 0.3) is 0 Å². The number of pyridine rings is 1. The molecule has 1 unspecified atom stereocenters. The predicted molar refractivity (Wildman–Crippen MR) is 113 cm³/mol. The van der Waals surface area contributed by atoms with E-state index in [1.807, 2.05) is 30.7 Å². The van der Waals surface area contributed by atoms with Gasteiger partial charge < -0.3 is 14.4 Å². The van der Waals surface area contributed by atoms with Gasteiger partial charge in [-0.15, -0.1) is 0 Å². The molecule has 0 amide bonds. The lowest BCUT2D eigenvalue weighted by molar-refractivity contribution is -0.142. The standard InChI is InChI=1S/C22H27N5O4/c1-5-31-22(29)20-17-13-26(11-9-18(17)27(25-20)14(2)3)19-7-6-15(12-24-19)16(8-10-23)21(28)30-4/h6-7,12,14,16H,5,8-9,11,13H2,1-4H3. The topological polar surface area (TPSA) is 110 Å². The molecule has 164 valence electrons. The van der Waals surface area contributed by atoms with Gasteiger partial charge in [-0.1, -0.05) is 6.07 Å². The van der Waals surface area contributed by atoms with Crippen LogP contribution in [0.3, 0.4) is 0 Å². The fraction of sp³-hybridized carbons (Fsp3) is 0.500. The van der Waals surface area contributed by atoms with E-state index in [9.17, 15) is 9.59 Å². The average Bonchev–Trinajstić information content (AvgIpc) is 3.16. The van der Waals surface area contributed by atoms with Crippen LogP contribution in [0.4, 0.5) is 5.82 Å². The van der Waals surface area contributed by atoms with Crippen LogP contribution in [0.1, 0.15) is 66.5 Å². The minimum Gasteiger partial charge on any atom is -0.469 e. The second-order valence-electron chi connectivity index (χ2n) is 7.59. The zero-order valence-electron chi connectivity index (χ0n) is 18.3. The van der Waals surface area contributed by atoms with Gasteiger partial charge in [-0.25, -0.2) is 9.78 Å². The summed E-state index contributed by atoms with van der Waals surface area (Å²) in [7, 11) is 1.30. The molecule has 0 fully saturated rings. The lowest BCUT2D eigenvalue weighted by Gasteiger charge is -2.29. The fourth-order valence-corrected chi connectivity index (χ4v) is 3.79. The summed E-state index contributed by atoms with van der Waals surface area (Å²) in [5.41, 5.74) is 2.90. The van der Waals surface area contributed by atoms with Crippen molar-refractivity contribution in [3.05, 3.63) is 40.8 Å². The van der Waals surface area contributed by atoms with E-state index in [0.29, 0.717) is 24.4 Å². The molecule has 3 heterocycles. The molecule has 0 aromatic carbocycles. The number of hydrogen-bond donors (Lipinski definition) is 0. The number of fused-ring (bicyclic) bond motifs is 1. The van der Waals surface area contributed by atoms with Crippen molar-refractivity contribution in [3.63, 3.8) is 0 Å². The number of carbonyl (C=O) groups is 2. The SMILES string of the molecule is CCOC(=O)c1nn(C(C)C)c2c1CN(c1ccc(C(CC#N)C(=O)OC)cn1)CC2. The molecular formula is C22H27N5O4. The normalized spacial score (nSPS) is 14.0. The summed E-state index contributed by atoms with van der Waals surface area (Å²) in [5, 5.41) is 13.5. The quantitative estimate of drug-likeness (QED) is 0.623. The highest BCUT2D eigenvalue weighted by Gasteiger charge is 2.30. The second-order valence-corrected chi connectivity index (χ2v) is 7.59. The average molecular weight is 425 g/mol. The Kier molecular flexibility index (Phi) is 6.90. The highest BCUT2D eigenvalue weighted by atomic mass is 16.5. The third kappa shape index (κ3) is 4.53. The summed E-state index contributed by atoms with van der Waals surface area (Å²) in [6.45, 7) is 7.34. The molecule has 9 heteroatoms. The summed E-state index contributed by atoms with van der Waals surface area (Å²) >= 11 is 0. The number of esters is 2. The predicted octanol–water partition coefficient (Wildman–Crippen LogP) is 2.77. The molecule has 0 saturated carbocycles. The zero-order valence-corrected chi connectivity index (χ0v) is 18.3. The molecule has 0 saturated heterocycles. The molecule has 0 radical (unpaired) electrons. The van der Waals surface area contributed by atoms with E-state index < -0.39 is 17.9 Å². The Morgan fingerprint density at radius 1 is 1.32 bits per heavy atom. The van der Waals surface area contributed by atoms with Gasteiger partial charge in [0, 0.05) is 43.0 Å². The Labute approximate surface area is 181 Å². The number of ether oxygens (including phenoxy) is 2. The maximum absolute atomic E-state index is 12.5. The molecule has 0 spiro atoms. The number of nitrogens with zero attached hydrogens (tertiary/aromatic N) is 5. The minimum atomic E-state index is -0.663. The molecule has 0 aliphatic carbocycles. The van der Waals surface area contributed by atoms with E-state index in [1.54, 1.807) is 19.2 Å². The molecule has 9 nitrogen and oxygen atoms in total. The molecule has 0 bridgehead atoms. The summed E-state index contributed by atoms with van der Waals surface area (Å²) in [6.07, 6.45) is 2.36. The van der Waals surface area contributed by atoms with E-state index in [0.717, 1.165) is 30.0 Å². The first-order valence-corrected chi connectivity index (χ1v) is 10.3. The second kappa shape index (κ2) is 9.60. The number of methoxy groups -OCH3 is 1. The minimum absolute atomic E-state index is 0.0259. The van der Waals surface area contributed by atoms with E-state index >= 15 is 0 Å². The van der Waals surface area contributed by atoms with Crippen molar-refractivity contribution in [2.75, 3.05) is 25.2 Å². The van der Waals surface area contributed by atoms with Crippen molar-refractivity contribution >= 4 is 17.8 Å². The van der Waals surface area contributed by atoms with Crippen LogP contribution in [-0.4, -0.2) is 47.0 Å². The molecule has 1 atom stereocenters. The van der Waals surface area contributed by atoms with Gasteiger partial charge in [0.05, 0.1) is 32.1 Å². The van der Waals surface area contributed by atoms with Gasteiger partial charge in [-0.2, -0.15) is 10.4 Å². The van der Waals surface area contributed by atoms with Crippen molar-refractivity contribution in [2.45, 2.75) is 52.1 Å². The van der Waals surface area contributed by atoms with E-state index in [1.165, 1.54) is 7.11 Å². The molecule has 1 aliphatic heterocycles. The molecule has 1 aliphatic rings. The lowest BCUT2D eigenvalue weighted by atomic mass is 9.98. The molecule has 0 N–H and O–H groups in total. The van der Waals surface area contributed by atoms with Gasteiger partial charge in [0.2, 0.25) is 0 Å². The van der Waals surface area contributed by atoms with Crippen molar-refractivity contribution in [2.24, 2.45) is 0 Å². The largest absolute Gasteiger partial charge is 0.469 e. The van der Waals surface area contributed by atoms with Crippen LogP contribution >= 0.6 is 0 Å². The van der Waals surface area contributed by atoms with Crippen molar-refractivity contribution in [3.8, 4) is 6.07 Å². The van der Waals surface area contributed by atoms with Crippen LogP contribution in [-0.2, 0) is 27.2 Å². The number of carbonyl (C=O) groups excluding carboxylic acids is 2. The fourth-order valence-electron chi connectivity index (χ4n) is 3.79. The summed E-state index contributed by atoms with van der Waals surface area (Å²) < 4.78 is 11.9. The van der Waals surface area contributed by atoms with Gasteiger partial charge in [0.15, 0.2) is 5.69 Å². The van der Waals surface area contributed by atoms with E-state index in [4.69, 9.17) is 14.7 Å². The lowest BCUT2D eigenvalue weighted by Crippen LogP contribution is -2.32. The number of anilines is 1. The maximum atomic E-state index is 12.5. The Bertz CT molecular complexity index is 991. The summed E-state index contributed by atoms with van der Waals surface area (Å²) in [5.74, 6) is -0.814. The number of nitriles is 1. The van der Waals surface area contributed by atoms with E-state index in [-0.39, 0.29) is 12.5 Å². The van der Waals surface area contributed by atoms with E-state index in [2.05, 4.69) is 15.0 Å². The first-order valence-electron chi connectivity index (χ1n) is 10.3. The van der Waals surface area contributed by atoms with Crippen molar-refractivity contribution < 1.29 is 19.1 Å². The van der Waals surface area contributed by atoms with Gasteiger partial charge in [-0.05, 0) is 32.4 Å². The highest BCUT2D eigenvalue weighted by molar-refractivity contribution is 5.89. The smallest absolute Gasteiger partial charge is 0.359 e. The molecule has 2 aromatic rings. The van der Waals surface area contributed by atoms with Crippen molar-refractivity contribution in [1.82, 2.24) is 14.8 Å². The maximum Gasteiger partial charge on any atom is 0.359 e. The zero-order chi connectivity index (χ0) is 22.5. The molecular weight excluding hydrogens is 398 g/mol. The Hall–Kier alpha value is -3.41. The Balaban J connectivity index is 1.87. The molecule has 3 rings (SSSR count). The van der Waals surface area contributed by atoms with Crippen LogP contribution in [0.2, 0.25) is 0 Å². The first-order chi connectivity index (χ1) is 14.9. The third-order valence-corrected chi connectivity index (χ3v) is 5.32. The summed E-state index contributed by atoms with van der Waals surface area (Å²) in [6, 6.07) is 5.77. The first kappa shape index (κ1) is 22.3. The van der Waals surface area contributed by atoms with Crippen LogP contribution in [0, 0.1) is 11.3 Å². The number of aromatic nitrogens is 3. The number of rotatable bonds is 7. The van der Waals surface area contributed by atoms with Crippen LogP contribution in [0.15, 0.2) is 18.3 Å². The van der Waals surface area contributed by atoms with Gasteiger partial charge in [-0.3, -0.25) is 9.48 Å². The third-order valence-electron chi connectivity index (χ3n) is 5.32. The Morgan fingerprint density at radius 2 is 2.10 bits per heavy atom. The van der Waals surface area contributed by atoms with Crippen LogP contribution < -0.4 is 4.90 Å². The highest BCUT2D eigenvalue weighted by Crippen LogP contribution is 2.29. The van der Waals surface area contributed by atoms with Crippen LogP contribution in [0.5, 0.6) is 0 Å². The van der Waals surface area contributed by atoms with Gasteiger partial charge in [0.1, 0.15) is 5.82 Å². The number of hydrogen-bond acceptors (Lipinski definition) is 8. The molecule has 31 heavy (non-hydrogen) atoms. The Morgan fingerprint density at radius 3 is 2.68 bits per heavy atom. The summed E-state index contributed by atoms with van der Waals surface area (Å²) in [4.78, 5) is 31.0. The van der Waals surface area contributed by atoms with Gasteiger partial charge >= 0.3 is 11.9 Å². The van der Waals surface area contributed by atoms with Crippen molar-refractivity contribution in [1.29, 1.82) is 5.26 Å².